The van der Waals surface area contributed by atoms with Crippen molar-refractivity contribution in [2.75, 3.05) is 15.4 Å². The van der Waals surface area contributed by atoms with Gasteiger partial charge in [0, 0.05) is 0 Å². The summed E-state index contributed by atoms with van der Waals surface area (Å²) in [6.45, 7) is 2.19. The Morgan fingerprint density at radius 3 is 2.51 bits per heavy atom. The fraction of sp³-hybridized carbons (Fsp3) is 0.143. The molecule has 0 saturated heterocycles. The van der Waals surface area contributed by atoms with Crippen LogP contribution in [0.25, 0.3) is 17.2 Å². The first-order valence-corrected chi connectivity index (χ1v) is 13.8. The van der Waals surface area contributed by atoms with Gasteiger partial charge in [-0.2, -0.15) is 13.4 Å². The number of nitrogens with two attached hydrogens (primary N) is 1. The highest BCUT2D eigenvalue weighted by Crippen LogP contribution is 2.31. The number of aryl methyl sites for hydroxylation is 1. The van der Waals surface area contributed by atoms with Crippen molar-refractivity contribution in [3.63, 3.8) is 0 Å². The van der Waals surface area contributed by atoms with Crippen LogP contribution < -0.4 is 25.9 Å². The number of rotatable bonds is 6. The summed E-state index contributed by atoms with van der Waals surface area (Å²) in [4.78, 5) is 27.6. The van der Waals surface area contributed by atoms with Crippen molar-refractivity contribution in [1.29, 1.82) is 0 Å². The number of urea groups is 1. The third-order valence-electron chi connectivity index (χ3n) is 6.74. The highest BCUT2D eigenvalue weighted by Gasteiger charge is 2.28. The summed E-state index contributed by atoms with van der Waals surface area (Å²) in [7, 11) is -4.65. The number of hydrogen-bond acceptors (Lipinski definition) is 6. The minimum atomic E-state index is -4.65. The van der Waals surface area contributed by atoms with Crippen LogP contribution in [0.3, 0.4) is 0 Å². The summed E-state index contributed by atoms with van der Waals surface area (Å²) in [6, 6.07) is 18.6. The van der Waals surface area contributed by atoms with E-state index in [-0.39, 0.29) is 34.7 Å². The van der Waals surface area contributed by atoms with Gasteiger partial charge in [-0.15, -0.1) is 0 Å². The van der Waals surface area contributed by atoms with E-state index in [9.17, 15) is 17.8 Å². The van der Waals surface area contributed by atoms with Crippen LogP contribution in [0, 0.1) is 10.7 Å². The minimum absolute atomic E-state index is 0.0122. The molecule has 0 spiro atoms. The Morgan fingerprint density at radius 1 is 1.03 bits per heavy atom. The molecule has 2 amide bonds. The van der Waals surface area contributed by atoms with Gasteiger partial charge < -0.3 is 5.73 Å². The van der Waals surface area contributed by atoms with Crippen molar-refractivity contribution < 1.29 is 17.8 Å². The van der Waals surface area contributed by atoms with E-state index < -0.39 is 16.3 Å². The molecule has 2 aliphatic rings. The highest BCUT2D eigenvalue weighted by molar-refractivity contribution is 7.87. The number of aromatic nitrogens is 2. The van der Waals surface area contributed by atoms with Crippen molar-refractivity contribution in [3.8, 4) is 11.1 Å². The fourth-order valence-corrected chi connectivity index (χ4v) is 5.61. The molecule has 4 aromatic rings. The lowest BCUT2D eigenvalue weighted by Crippen LogP contribution is -2.27. The first kappa shape index (κ1) is 24.7. The molecule has 11 heteroatoms. The number of carbonyl (C=O) groups is 1. The number of benzene rings is 3. The maximum atomic E-state index is 12.9. The van der Waals surface area contributed by atoms with Crippen LogP contribution in [0.15, 0.2) is 65.7 Å². The van der Waals surface area contributed by atoms with E-state index in [1.54, 1.807) is 0 Å². The Morgan fingerprint density at radius 2 is 1.77 bits per heavy atom. The lowest BCUT2D eigenvalue weighted by molar-refractivity contribution is 0.254. The zero-order chi connectivity index (χ0) is 27.3. The number of fused-ring (bicyclic) bond motifs is 4. The maximum Gasteiger partial charge on any atom is 0.357 e. The average molecular weight is 541 g/mol. The number of nitrogens with zero attached hydrogens (tertiary/aromatic N) is 4. The molecule has 1 aromatic heterocycles. The monoisotopic (exact) mass is 540 g/mol. The van der Waals surface area contributed by atoms with Crippen LogP contribution in [0.1, 0.15) is 30.0 Å². The standard InChI is InChI=1S/C28H24N6O4S/c1-2-8-18-14-20-19-12-7-6-11-17(19)13-21(20)22(23(18)33-39(36,37)38)26-31-25(29)24-27(32-26)34(28(35)30-24)15-16-9-4-3-5-10-16/h3-7,9-14,33H,2,8,15H2,1H3,(H2,29,31)(H,36,37,38). The number of amides is 2. The molecule has 1 aliphatic carbocycles. The van der Waals surface area contributed by atoms with Gasteiger partial charge in [0.15, 0.2) is 22.5 Å². The normalized spacial score (nSPS) is 14.3. The second-order valence-electron chi connectivity index (χ2n) is 9.38. The first-order valence-electron chi connectivity index (χ1n) is 12.4. The molecule has 1 aliphatic heterocycles. The van der Waals surface area contributed by atoms with Gasteiger partial charge in [0.2, 0.25) is 0 Å². The van der Waals surface area contributed by atoms with E-state index in [1.807, 2.05) is 73.7 Å². The molecule has 0 bridgehead atoms. The molecular formula is C28H24N6O4S. The second kappa shape index (κ2) is 9.29. The summed E-state index contributed by atoms with van der Waals surface area (Å²) in [5.41, 5.74) is 10.9. The van der Waals surface area contributed by atoms with Crippen LogP contribution in [0.5, 0.6) is 0 Å². The molecule has 0 fully saturated rings. The van der Waals surface area contributed by atoms with E-state index in [2.05, 4.69) is 14.7 Å². The number of hydrogen-bond donors (Lipinski definition) is 3. The van der Waals surface area contributed by atoms with Crippen LogP contribution in [0.4, 0.5) is 22.1 Å². The van der Waals surface area contributed by atoms with Crippen LogP contribution in [-0.4, -0.2) is 29.0 Å². The van der Waals surface area contributed by atoms with E-state index in [0.29, 0.717) is 22.4 Å². The second-order valence-corrected chi connectivity index (χ2v) is 10.5. The van der Waals surface area contributed by atoms with Crippen molar-refractivity contribution in [3.05, 3.63) is 98.6 Å². The van der Waals surface area contributed by atoms with E-state index in [0.717, 1.165) is 28.7 Å². The van der Waals surface area contributed by atoms with Crippen LogP contribution in [0.2, 0.25) is 0 Å². The third kappa shape index (κ3) is 4.41. The topological polar surface area (TPSA) is 151 Å². The quantitative estimate of drug-likeness (QED) is 0.280. The molecule has 196 valence electrons. The lowest BCUT2D eigenvalue weighted by Gasteiger charge is -2.16. The summed E-state index contributed by atoms with van der Waals surface area (Å²) in [6.07, 6.45) is 3.17. The lowest BCUT2D eigenvalue weighted by atomic mass is 9.98. The Labute approximate surface area is 223 Å². The average Bonchev–Trinajstić information content (AvgIpc) is 3.42. The Bertz CT molecular complexity index is 2000. The zero-order valence-corrected chi connectivity index (χ0v) is 21.7. The summed E-state index contributed by atoms with van der Waals surface area (Å²) < 4.78 is 36.3. The number of nitrogen functional groups attached to an aromatic ring is 1. The predicted octanol–water partition coefficient (Wildman–Crippen LogP) is 3.08. The molecule has 2 heterocycles. The molecule has 39 heavy (non-hydrogen) atoms. The number of nitrogens with one attached hydrogen (secondary N) is 1. The van der Waals surface area contributed by atoms with Gasteiger partial charge in [-0.25, -0.2) is 14.8 Å². The molecule has 0 atom stereocenters. The van der Waals surface area contributed by atoms with E-state index in [4.69, 9.17) is 10.7 Å². The molecule has 10 nitrogen and oxygen atoms in total. The third-order valence-corrected chi connectivity index (χ3v) is 7.21. The molecule has 4 N–H and O–H groups in total. The zero-order valence-electron chi connectivity index (χ0n) is 20.9. The van der Waals surface area contributed by atoms with Gasteiger partial charge in [0.05, 0.1) is 17.5 Å². The van der Waals surface area contributed by atoms with E-state index in [1.165, 1.54) is 4.90 Å². The SMILES string of the molecule is CCCc1cc2c(c(=c3nc(N)c4c(n3)N(Cc3ccccc3)C(=O)N=4)c1NS(=O)(=O)O)=Cc1ccccc1-2. The van der Waals surface area contributed by atoms with E-state index >= 15 is 0 Å². The number of carbonyl (C=O) groups excluding carboxylic acids is 1. The Balaban J connectivity index is 1.72. The van der Waals surface area contributed by atoms with Gasteiger partial charge in [-0.05, 0) is 51.6 Å². The van der Waals surface area contributed by atoms with Crippen molar-refractivity contribution in [1.82, 2.24) is 9.97 Å². The van der Waals surface area contributed by atoms with Gasteiger partial charge in [-0.3, -0.25) is 14.2 Å². The summed E-state index contributed by atoms with van der Waals surface area (Å²) in [5, 5.41) is 1.20. The molecule has 6 rings (SSSR count). The van der Waals surface area contributed by atoms with Crippen LogP contribution in [-0.2, 0) is 23.3 Å². The van der Waals surface area contributed by atoms with Gasteiger partial charge in [0.25, 0.3) is 0 Å². The largest absolute Gasteiger partial charge is 0.382 e. The Kier molecular flexibility index (Phi) is 5.89. The van der Waals surface area contributed by atoms with Gasteiger partial charge in [0.1, 0.15) is 0 Å². The van der Waals surface area contributed by atoms with Crippen LogP contribution >= 0.6 is 0 Å². The number of anilines is 3. The molecule has 0 saturated carbocycles. The van der Waals surface area contributed by atoms with Gasteiger partial charge >= 0.3 is 16.3 Å². The maximum absolute atomic E-state index is 12.9. The summed E-state index contributed by atoms with van der Waals surface area (Å²) >= 11 is 0. The summed E-state index contributed by atoms with van der Waals surface area (Å²) in [5.74, 6) is 0.219. The Hall–Kier alpha value is -4.61. The highest BCUT2D eigenvalue weighted by atomic mass is 32.2. The van der Waals surface area contributed by atoms with Crippen molar-refractivity contribution in [2.45, 2.75) is 26.3 Å². The fourth-order valence-electron chi connectivity index (χ4n) is 5.12. The molecule has 0 unspecified atom stereocenters. The minimum Gasteiger partial charge on any atom is -0.382 e. The van der Waals surface area contributed by atoms with Crippen molar-refractivity contribution >= 4 is 39.7 Å². The predicted molar refractivity (Wildman–Crippen MR) is 148 cm³/mol. The first-order chi connectivity index (χ1) is 18.7. The molecule has 3 aromatic carbocycles. The smallest absolute Gasteiger partial charge is 0.357 e. The molecule has 0 radical (unpaired) electrons. The molecular weight excluding hydrogens is 516 g/mol. The van der Waals surface area contributed by atoms with Gasteiger partial charge in [-0.1, -0.05) is 67.9 Å². The van der Waals surface area contributed by atoms with Crippen molar-refractivity contribution in [2.24, 2.45) is 4.99 Å².